The molecule has 0 heterocycles. The molecule has 0 N–H and O–H groups in total. The Kier molecular flexibility index (Phi) is 4.35. The highest BCUT2D eigenvalue weighted by molar-refractivity contribution is 5.78. The number of esters is 1. The van der Waals surface area contributed by atoms with Gasteiger partial charge in [0.1, 0.15) is 6.61 Å². The van der Waals surface area contributed by atoms with Crippen LogP contribution in [0.25, 0.3) is 0 Å². The molecule has 2 nitrogen and oxygen atoms in total. The largest absolute Gasteiger partial charge is 0.460 e. The first kappa shape index (κ1) is 17.2. The van der Waals surface area contributed by atoms with Crippen LogP contribution in [-0.2, 0) is 16.1 Å². The van der Waals surface area contributed by atoms with E-state index in [0.29, 0.717) is 0 Å². The summed E-state index contributed by atoms with van der Waals surface area (Å²) in [5.41, 5.74) is 0.917. The molecule has 0 radical (unpaired) electrons. The molecule has 1 aromatic rings. The van der Waals surface area contributed by atoms with Gasteiger partial charge in [0.2, 0.25) is 5.82 Å². The smallest absolute Gasteiger partial charge is 0.310 e. The third kappa shape index (κ3) is 2.77. The number of allylic oxidation sites excluding steroid dienone is 1. The van der Waals surface area contributed by atoms with Crippen molar-refractivity contribution in [2.45, 2.75) is 20.5 Å². The second kappa shape index (κ2) is 5.81. The molecule has 23 heavy (non-hydrogen) atoms. The molecule has 124 valence electrons. The summed E-state index contributed by atoms with van der Waals surface area (Å²) in [6, 6.07) is 0. The molecule has 0 unspecified atom stereocenters. The maximum atomic E-state index is 13.5. The molecule has 0 saturated heterocycles. The van der Waals surface area contributed by atoms with Crippen LogP contribution >= 0.6 is 0 Å². The Morgan fingerprint density at radius 2 is 1.61 bits per heavy atom. The van der Waals surface area contributed by atoms with Crippen LogP contribution in [0.3, 0.4) is 0 Å². The van der Waals surface area contributed by atoms with E-state index in [1.54, 1.807) is 19.9 Å². The van der Waals surface area contributed by atoms with Crippen LogP contribution in [-0.4, -0.2) is 5.97 Å². The molecule has 1 saturated carbocycles. The van der Waals surface area contributed by atoms with Gasteiger partial charge in [0, 0.05) is 5.92 Å². The minimum Gasteiger partial charge on any atom is -0.460 e. The number of carbonyl (C=O) groups is 1. The Morgan fingerprint density at radius 3 is 2.09 bits per heavy atom. The van der Waals surface area contributed by atoms with Crippen LogP contribution in [0.15, 0.2) is 18.4 Å². The van der Waals surface area contributed by atoms with Crippen molar-refractivity contribution < 1.29 is 31.5 Å². The van der Waals surface area contributed by atoms with E-state index in [1.165, 1.54) is 0 Å². The van der Waals surface area contributed by atoms with Gasteiger partial charge in [0.15, 0.2) is 23.3 Å². The predicted molar refractivity (Wildman–Crippen MR) is 70.5 cm³/mol. The zero-order valence-corrected chi connectivity index (χ0v) is 12.4. The van der Waals surface area contributed by atoms with Gasteiger partial charge in [-0.15, -0.1) is 5.73 Å². The monoisotopic (exact) mass is 332 g/mol. The van der Waals surface area contributed by atoms with Gasteiger partial charge in [-0.05, 0) is 11.5 Å². The van der Waals surface area contributed by atoms with Crippen molar-refractivity contribution in [3.63, 3.8) is 0 Å². The summed E-state index contributed by atoms with van der Waals surface area (Å²) in [5.74, 6) is -12.0. The lowest BCUT2D eigenvalue weighted by molar-refractivity contribution is -0.147. The SMILES string of the molecule is C=C=C[C@@H]1[C@@H](C(=O)OCc2c(F)c(F)c(F)c(F)c2F)C1(C)C. The number of hydrogen-bond acceptors (Lipinski definition) is 2. The Labute approximate surface area is 129 Å². The van der Waals surface area contributed by atoms with Crippen LogP contribution < -0.4 is 0 Å². The summed E-state index contributed by atoms with van der Waals surface area (Å²) >= 11 is 0. The lowest BCUT2D eigenvalue weighted by Crippen LogP contribution is -2.14. The van der Waals surface area contributed by atoms with Gasteiger partial charge >= 0.3 is 5.97 Å². The van der Waals surface area contributed by atoms with Crippen molar-refractivity contribution in [1.29, 1.82) is 0 Å². The van der Waals surface area contributed by atoms with E-state index in [1.807, 2.05) is 0 Å². The Hall–Kier alpha value is -2.14. The number of rotatable bonds is 4. The molecule has 0 amide bonds. The van der Waals surface area contributed by atoms with Crippen molar-refractivity contribution in [1.82, 2.24) is 0 Å². The Bertz CT molecular complexity index is 691. The molecule has 0 aliphatic heterocycles. The molecule has 1 fully saturated rings. The lowest BCUT2D eigenvalue weighted by Gasteiger charge is -2.09. The van der Waals surface area contributed by atoms with Crippen LogP contribution in [0.2, 0.25) is 0 Å². The molecule has 0 aromatic heterocycles. The molecular formula is C16H13F5O2. The second-order valence-electron chi connectivity index (χ2n) is 5.85. The van der Waals surface area contributed by atoms with E-state index in [2.05, 4.69) is 12.3 Å². The van der Waals surface area contributed by atoms with Crippen LogP contribution in [0.1, 0.15) is 19.4 Å². The molecule has 2 atom stereocenters. The summed E-state index contributed by atoms with van der Waals surface area (Å²) in [5, 5.41) is 0. The quantitative estimate of drug-likeness (QED) is 0.273. The zero-order chi connectivity index (χ0) is 17.5. The standard InChI is InChI=1S/C16H13F5O2/c1-4-5-8-9(16(8,2)3)15(22)23-6-7-10(17)12(19)14(21)13(20)11(7)18/h5,8-9H,1,6H2,2-3H3/t8-,9+/m1/s1. The maximum Gasteiger partial charge on any atom is 0.310 e. The number of halogens is 5. The number of ether oxygens (including phenoxy) is 1. The average molecular weight is 332 g/mol. The minimum absolute atomic E-state index is 0.205. The first-order valence-corrected chi connectivity index (χ1v) is 6.67. The van der Waals surface area contributed by atoms with Gasteiger partial charge in [-0.2, -0.15) is 0 Å². The van der Waals surface area contributed by atoms with Gasteiger partial charge in [0.05, 0.1) is 11.5 Å². The number of benzene rings is 1. The van der Waals surface area contributed by atoms with Crippen molar-refractivity contribution in [2.75, 3.05) is 0 Å². The molecule has 1 aliphatic carbocycles. The van der Waals surface area contributed by atoms with Crippen molar-refractivity contribution in [3.05, 3.63) is 53.0 Å². The summed E-state index contributed by atoms with van der Waals surface area (Å²) < 4.78 is 70.7. The van der Waals surface area contributed by atoms with Crippen LogP contribution in [0.4, 0.5) is 22.0 Å². The molecule has 0 spiro atoms. The normalized spacial score (nSPS) is 21.5. The lowest BCUT2D eigenvalue weighted by atomic mass is 10.1. The van der Waals surface area contributed by atoms with Crippen molar-refractivity contribution in [3.8, 4) is 0 Å². The Morgan fingerprint density at radius 1 is 1.13 bits per heavy atom. The molecular weight excluding hydrogens is 319 g/mol. The fraction of sp³-hybridized carbons (Fsp3) is 0.375. The van der Waals surface area contributed by atoms with E-state index in [9.17, 15) is 26.7 Å². The van der Waals surface area contributed by atoms with Crippen molar-refractivity contribution >= 4 is 5.97 Å². The Balaban J connectivity index is 2.17. The average Bonchev–Trinajstić information content (AvgIpc) is 3.04. The summed E-state index contributed by atoms with van der Waals surface area (Å²) in [4.78, 5) is 11.9. The fourth-order valence-electron chi connectivity index (χ4n) is 2.58. The second-order valence-corrected chi connectivity index (χ2v) is 5.85. The molecule has 1 aliphatic rings. The van der Waals surface area contributed by atoms with E-state index in [4.69, 9.17) is 4.74 Å². The van der Waals surface area contributed by atoms with Crippen LogP contribution in [0, 0.1) is 46.3 Å². The summed E-state index contributed by atoms with van der Waals surface area (Å²) in [6.07, 6.45) is 1.57. The predicted octanol–water partition coefficient (Wildman–Crippen LogP) is 4.04. The highest BCUT2D eigenvalue weighted by Gasteiger charge is 2.61. The highest BCUT2D eigenvalue weighted by atomic mass is 19.2. The van der Waals surface area contributed by atoms with Crippen LogP contribution in [0.5, 0.6) is 0 Å². The third-order valence-corrected chi connectivity index (χ3v) is 4.12. The molecule has 7 heteroatoms. The minimum atomic E-state index is -2.26. The van der Waals surface area contributed by atoms with E-state index in [-0.39, 0.29) is 5.92 Å². The van der Waals surface area contributed by atoms with E-state index >= 15 is 0 Å². The van der Waals surface area contributed by atoms with Crippen molar-refractivity contribution in [2.24, 2.45) is 17.3 Å². The van der Waals surface area contributed by atoms with Gasteiger partial charge in [-0.25, -0.2) is 22.0 Å². The van der Waals surface area contributed by atoms with Gasteiger partial charge in [0.25, 0.3) is 0 Å². The molecule has 0 bridgehead atoms. The topological polar surface area (TPSA) is 26.3 Å². The van der Waals surface area contributed by atoms with E-state index in [0.717, 1.165) is 0 Å². The third-order valence-electron chi connectivity index (χ3n) is 4.12. The fourth-order valence-corrected chi connectivity index (χ4v) is 2.58. The first-order chi connectivity index (χ1) is 10.6. The zero-order valence-electron chi connectivity index (χ0n) is 12.4. The number of carbonyl (C=O) groups excluding carboxylic acids is 1. The first-order valence-electron chi connectivity index (χ1n) is 6.67. The van der Waals surface area contributed by atoms with Gasteiger partial charge in [-0.1, -0.05) is 20.4 Å². The molecule has 1 aromatic carbocycles. The van der Waals surface area contributed by atoms with Gasteiger partial charge in [-0.3, -0.25) is 4.79 Å². The number of hydrogen-bond donors (Lipinski definition) is 0. The summed E-state index contributed by atoms with van der Waals surface area (Å²) in [7, 11) is 0. The summed E-state index contributed by atoms with van der Waals surface area (Å²) in [6.45, 7) is 5.90. The van der Waals surface area contributed by atoms with E-state index < -0.39 is 58.6 Å². The molecule has 2 rings (SSSR count). The van der Waals surface area contributed by atoms with Gasteiger partial charge < -0.3 is 4.74 Å². The highest BCUT2D eigenvalue weighted by Crippen LogP contribution is 2.59. The maximum absolute atomic E-state index is 13.5.